The Bertz CT molecular complexity index is 1050. The molecule has 0 aliphatic rings. The molecule has 0 saturated carbocycles. The number of nitrogen functional groups attached to an aromatic ring is 1. The molecule has 4 aromatic rings. The summed E-state index contributed by atoms with van der Waals surface area (Å²) in [5, 5.41) is 0.946. The van der Waals surface area contributed by atoms with Gasteiger partial charge in [-0.15, -0.1) is 0 Å². The summed E-state index contributed by atoms with van der Waals surface area (Å²) in [6, 6.07) is 11.7. The van der Waals surface area contributed by atoms with E-state index in [1.807, 2.05) is 55.5 Å². The van der Waals surface area contributed by atoms with E-state index in [1.54, 1.807) is 12.4 Å². The first-order valence-electron chi connectivity index (χ1n) is 7.43. The number of furan rings is 1. The van der Waals surface area contributed by atoms with Crippen LogP contribution in [-0.2, 0) is 0 Å². The van der Waals surface area contributed by atoms with Crippen molar-refractivity contribution in [3.05, 3.63) is 60.4 Å². The molecule has 3 aromatic heterocycles. The number of hydrogen-bond donors (Lipinski definition) is 1. The van der Waals surface area contributed by atoms with Crippen molar-refractivity contribution in [2.45, 2.75) is 6.92 Å². The topological polar surface area (TPSA) is 64.9 Å². The molecular weight excluding hydrogens is 286 g/mol. The standard InChI is InChI=1S/C19H15N3O/c1-2-5-12-6-3-7-13(18(12)20)15-10-14-17(11-22-15)23-16-8-4-9-21-19(14)16/h2-11H,20H2,1H3/b5-2-. The maximum Gasteiger partial charge on any atom is 0.155 e. The van der Waals surface area contributed by atoms with Gasteiger partial charge < -0.3 is 10.2 Å². The van der Waals surface area contributed by atoms with Crippen LogP contribution < -0.4 is 5.73 Å². The number of fused-ring (bicyclic) bond motifs is 3. The zero-order valence-corrected chi connectivity index (χ0v) is 12.7. The Morgan fingerprint density at radius 3 is 2.87 bits per heavy atom. The molecule has 0 aliphatic heterocycles. The Hall–Kier alpha value is -3.14. The molecular formula is C19H15N3O. The van der Waals surface area contributed by atoms with Gasteiger partial charge in [-0.1, -0.05) is 30.4 Å². The molecule has 0 unspecified atom stereocenters. The number of allylic oxidation sites excluding steroid dienone is 1. The molecule has 4 heteroatoms. The van der Waals surface area contributed by atoms with Gasteiger partial charge in [-0.25, -0.2) is 0 Å². The van der Waals surface area contributed by atoms with E-state index >= 15 is 0 Å². The second-order valence-electron chi connectivity index (χ2n) is 5.33. The maximum atomic E-state index is 6.30. The third kappa shape index (κ3) is 2.16. The highest BCUT2D eigenvalue weighted by Gasteiger charge is 2.12. The minimum Gasteiger partial charge on any atom is -0.453 e. The molecule has 0 fully saturated rings. The number of aromatic nitrogens is 2. The number of hydrogen-bond acceptors (Lipinski definition) is 4. The molecule has 0 spiro atoms. The molecule has 4 rings (SSSR count). The van der Waals surface area contributed by atoms with E-state index in [0.29, 0.717) is 0 Å². The van der Waals surface area contributed by atoms with Gasteiger partial charge in [-0.3, -0.25) is 9.97 Å². The monoisotopic (exact) mass is 301 g/mol. The van der Waals surface area contributed by atoms with Crippen LogP contribution in [0.2, 0.25) is 0 Å². The number of nitrogens with zero attached hydrogens (tertiary/aromatic N) is 2. The summed E-state index contributed by atoms with van der Waals surface area (Å²) in [4.78, 5) is 8.92. The lowest BCUT2D eigenvalue weighted by Crippen LogP contribution is -1.94. The molecule has 2 N–H and O–H groups in total. The normalized spacial score (nSPS) is 11.7. The van der Waals surface area contributed by atoms with Crippen LogP contribution in [0.15, 0.2) is 59.3 Å². The van der Waals surface area contributed by atoms with Crippen molar-refractivity contribution in [3.8, 4) is 11.3 Å². The fourth-order valence-electron chi connectivity index (χ4n) is 2.78. The third-order valence-electron chi connectivity index (χ3n) is 3.88. The molecule has 3 heterocycles. The van der Waals surface area contributed by atoms with E-state index in [0.717, 1.165) is 44.6 Å². The molecule has 1 aromatic carbocycles. The minimum atomic E-state index is 0.721. The fourth-order valence-corrected chi connectivity index (χ4v) is 2.78. The predicted molar refractivity (Wildman–Crippen MR) is 93.9 cm³/mol. The summed E-state index contributed by atoms with van der Waals surface area (Å²) in [6.07, 6.45) is 7.46. The van der Waals surface area contributed by atoms with E-state index in [9.17, 15) is 0 Å². The predicted octanol–water partition coefficient (Wildman–Crippen LogP) is 4.66. The van der Waals surface area contributed by atoms with Crippen LogP contribution in [0, 0.1) is 0 Å². The van der Waals surface area contributed by atoms with Crippen molar-refractivity contribution < 1.29 is 4.42 Å². The number of para-hydroxylation sites is 1. The van der Waals surface area contributed by atoms with Gasteiger partial charge >= 0.3 is 0 Å². The Morgan fingerprint density at radius 2 is 2.00 bits per heavy atom. The van der Waals surface area contributed by atoms with Crippen molar-refractivity contribution in [3.63, 3.8) is 0 Å². The largest absolute Gasteiger partial charge is 0.453 e. The minimum absolute atomic E-state index is 0.721. The molecule has 0 amide bonds. The number of benzene rings is 1. The lowest BCUT2D eigenvalue weighted by Gasteiger charge is -2.08. The van der Waals surface area contributed by atoms with Crippen LogP contribution in [0.1, 0.15) is 12.5 Å². The highest BCUT2D eigenvalue weighted by atomic mass is 16.3. The summed E-state index contributed by atoms with van der Waals surface area (Å²) in [5.74, 6) is 0. The van der Waals surface area contributed by atoms with Gasteiger partial charge in [0.2, 0.25) is 0 Å². The zero-order chi connectivity index (χ0) is 15.8. The van der Waals surface area contributed by atoms with Crippen LogP contribution in [0.25, 0.3) is 39.4 Å². The summed E-state index contributed by atoms with van der Waals surface area (Å²) in [5.41, 5.74) is 12.1. The van der Waals surface area contributed by atoms with Gasteiger partial charge in [-0.05, 0) is 30.7 Å². The second kappa shape index (κ2) is 5.25. The van der Waals surface area contributed by atoms with Crippen LogP contribution in [-0.4, -0.2) is 9.97 Å². The fraction of sp³-hybridized carbons (Fsp3) is 0.0526. The third-order valence-corrected chi connectivity index (χ3v) is 3.88. The van der Waals surface area contributed by atoms with Gasteiger partial charge in [0, 0.05) is 17.4 Å². The Labute approximate surface area is 133 Å². The average Bonchev–Trinajstić information content (AvgIpc) is 2.95. The summed E-state index contributed by atoms with van der Waals surface area (Å²) in [6.45, 7) is 1.97. The van der Waals surface area contributed by atoms with Gasteiger partial charge in [0.05, 0.1) is 17.3 Å². The number of rotatable bonds is 2. The lowest BCUT2D eigenvalue weighted by molar-refractivity contribution is 0.666. The number of anilines is 1. The first-order chi connectivity index (χ1) is 11.3. The van der Waals surface area contributed by atoms with Crippen molar-refractivity contribution in [1.29, 1.82) is 0 Å². The van der Waals surface area contributed by atoms with E-state index in [-0.39, 0.29) is 0 Å². The highest BCUT2D eigenvalue weighted by molar-refractivity contribution is 6.03. The van der Waals surface area contributed by atoms with Crippen molar-refractivity contribution in [2.24, 2.45) is 0 Å². The van der Waals surface area contributed by atoms with Gasteiger partial charge in [0.1, 0.15) is 5.52 Å². The Balaban J connectivity index is 1.96. The molecule has 112 valence electrons. The van der Waals surface area contributed by atoms with Crippen molar-refractivity contribution >= 4 is 33.8 Å². The molecule has 0 bridgehead atoms. The van der Waals surface area contributed by atoms with Crippen LogP contribution in [0.3, 0.4) is 0 Å². The molecule has 0 aliphatic carbocycles. The molecule has 4 nitrogen and oxygen atoms in total. The highest BCUT2D eigenvalue weighted by Crippen LogP contribution is 2.33. The van der Waals surface area contributed by atoms with E-state index < -0.39 is 0 Å². The molecule has 0 saturated heterocycles. The van der Waals surface area contributed by atoms with Gasteiger partial charge in [0.15, 0.2) is 11.2 Å². The first kappa shape index (κ1) is 13.5. The number of pyridine rings is 2. The molecule has 0 atom stereocenters. The smallest absolute Gasteiger partial charge is 0.155 e. The van der Waals surface area contributed by atoms with Crippen LogP contribution in [0.5, 0.6) is 0 Å². The lowest BCUT2D eigenvalue weighted by atomic mass is 10.0. The SMILES string of the molecule is C/C=C\c1cccc(-c2cc3c(cn2)oc2cccnc23)c1N. The van der Waals surface area contributed by atoms with Crippen LogP contribution >= 0.6 is 0 Å². The summed E-state index contributed by atoms with van der Waals surface area (Å²) < 4.78 is 5.77. The van der Waals surface area contributed by atoms with E-state index in [1.165, 1.54) is 0 Å². The van der Waals surface area contributed by atoms with Crippen molar-refractivity contribution in [1.82, 2.24) is 9.97 Å². The summed E-state index contributed by atoms with van der Waals surface area (Å²) in [7, 11) is 0. The van der Waals surface area contributed by atoms with Crippen molar-refractivity contribution in [2.75, 3.05) is 5.73 Å². The van der Waals surface area contributed by atoms with E-state index in [2.05, 4.69) is 9.97 Å². The quantitative estimate of drug-likeness (QED) is 0.547. The Morgan fingerprint density at radius 1 is 1.09 bits per heavy atom. The maximum absolute atomic E-state index is 6.30. The van der Waals surface area contributed by atoms with Crippen LogP contribution in [0.4, 0.5) is 5.69 Å². The number of nitrogens with two attached hydrogens (primary N) is 1. The Kier molecular flexibility index (Phi) is 3.08. The first-order valence-corrected chi connectivity index (χ1v) is 7.43. The summed E-state index contributed by atoms with van der Waals surface area (Å²) >= 11 is 0. The second-order valence-corrected chi connectivity index (χ2v) is 5.33. The molecule has 0 radical (unpaired) electrons. The van der Waals surface area contributed by atoms with Gasteiger partial charge in [0.25, 0.3) is 0 Å². The van der Waals surface area contributed by atoms with Gasteiger partial charge in [-0.2, -0.15) is 0 Å². The average molecular weight is 301 g/mol. The molecule has 23 heavy (non-hydrogen) atoms. The zero-order valence-electron chi connectivity index (χ0n) is 12.7. The van der Waals surface area contributed by atoms with E-state index in [4.69, 9.17) is 10.2 Å².